The van der Waals surface area contributed by atoms with Crippen molar-refractivity contribution >= 4 is 22.8 Å². The highest BCUT2D eigenvalue weighted by Gasteiger charge is 2.38. The van der Waals surface area contributed by atoms with Crippen molar-refractivity contribution in [1.29, 1.82) is 0 Å². The number of amidine groups is 1. The molecule has 4 nitrogen and oxygen atoms in total. The molecule has 1 aliphatic carbocycles. The highest BCUT2D eigenvalue weighted by atomic mass is 32.2. The predicted molar refractivity (Wildman–Crippen MR) is 82.0 cm³/mol. The van der Waals surface area contributed by atoms with Gasteiger partial charge in [0.15, 0.2) is 5.17 Å². The molecular formula is C15H24N2O2S. The Hall–Kier alpha value is -0.550. The summed E-state index contributed by atoms with van der Waals surface area (Å²) in [5.74, 6) is 0.951. The topological polar surface area (TPSA) is 41.9 Å². The average molecular weight is 296 g/mol. The highest BCUT2D eigenvalue weighted by Crippen LogP contribution is 2.39. The molecule has 1 atom stereocenters. The molecule has 0 unspecified atom stereocenters. The van der Waals surface area contributed by atoms with Crippen LogP contribution in [0.25, 0.3) is 0 Å². The van der Waals surface area contributed by atoms with Gasteiger partial charge in [-0.2, -0.15) is 0 Å². The quantitative estimate of drug-likeness (QED) is 0.804. The smallest absolute Gasteiger partial charge is 0.229 e. The Balaban J connectivity index is 1.59. The number of ether oxygens (including phenoxy) is 1. The lowest BCUT2D eigenvalue weighted by Crippen LogP contribution is -2.46. The number of nitrogens with zero attached hydrogens (tertiary/aromatic N) is 2. The Labute approximate surface area is 125 Å². The minimum atomic E-state index is 0.291. The Morgan fingerprint density at radius 1 is 1.35 bits per heavy atom. The standard InChI is InChI=1S/C15H24N2O2S/c1-2-19-12-6-4-11(5-7-12)13-10-14(18)17-9-3-8-16-15(17)20-13/h11-13H,2-10H2,1H3/t11?,12?,13-/m0/s1. The van der Waals surface area contributed by atoms with Gasteiger partial charge in [0.05, 0.1) is 6.10 Å². The molecule has 0 aromatic carbocycles. The van der Waals surface area contributed by atoms with Gasteiger partial charge < -0.3 is 4.74 Å². The van der Waals surface area contributed by atoms with Gasteiger partial charge in [-0.05, 0) is 44.9 Å². The van der Waals surface area contributed by atoms with Crippen LogP contribution < -0.4 is 0 Å². The molecule has 112 valence electrons. The number of fused-ring (bicyclic) bond motifs is 1. The minimum Gasteiger partial charge on any atom is -0.379 e. The molecule has 2 fully saturated rings. The number of amides is 1. The van der Waals surface area contributed by atoms with Crippen LogP contribution in [0.3, 0.4) is 0 Å². The Morgan fingerprint density at radius 3 is 2.90 bits per heavy atom. The minimum absolute atomic E-state index is 0.291. The van der Waals surface area contributed by atoms with Gasteiger partial charge in [0.1, 0.15) is 0 Å². The van der Waals surface area contributed by atoms with Crippen LogP contribution in [0.4, 0.5) is 0 Å². The van der Waals surface area contributed by atoms with Crippen LogP contribution in [0.1, 0.15) is 45.4 Å². The van der Waals surface area contributed by atoms with E-state index in [1.54, 1.807) is 0 Å². The van der Waals surface area contributed by atoms with E-state index < -0.39 is 0 Å². The summed E-state index contributed by atoms with van der Waals surface area (Å²) in [5.41, 5.74) is 0. The molecule has 3 aliphatic rings. The van der Waals surface area contributed by atoms with Crippen LogP contribution >= 0.6 is 11.8 Å². The van der Waals surface area contributed by atoms with Gasteiger partial charge in [0.25, 0.3) is 0 Å². The van der Waals surface area contributed by atoms with Gasteiger partial charge in [-0.1, -0.05) is 11.8 Å². The molecule has 2 aliphatic heterocycles. The van der Waals surface area contributed by atoms with Gasteiger partial charge in [-0.15, -0.1) is 0 Å². The van der Waals surface area contributed by atoms with Crippen LogP contribution in [0.15, 0.2) is 4.99 Å². The maximum atomic E-state index is 12.3. The third-order valence-electron chi connectivity index (χ3n) is 4.60. The van der Waals surface area contributed by atoms with E-state index in [2.05, 4.69) is 11.9 Å². The summed E-state index contributed by atoms with van der Waals surface area (Å²) in [5, 5.41) is 1.43. The zero-order valence-corrected chi connectivity index (χ0v) is 13.0. The van der Waals surface area contributed by atoms with Crippen molar-refractivity contribution in [2.75, 3.05) is 19.7 Å². The molecule has 20 heavy (non-hydrogen) atoms. The van der Waals surface area contributed by atoms with Gasteiger partial charge in [0.2, 0.25) is 5.91 Å². The molecule has 0 N–H and O–H groups in total. The van der Waals surface area contributed by atoms with E-state index in [1.807, 2.05) is 16.7 Å². The van der Waals surface area contributed by atoms with Crippen molar-refractivity contribution in [2.24, 2.45) is 10.9 Å². The predicted octanol–water partition coefficient (Wildman–Crippen LogP) is 2.68. The van der Waals surface area contributed by atoms with E-state index in [0.29, 0.717) is 29.6 Å². The fourth-order valence-corrected chi connectivity index (χ4v) is 4.95. The fourth-order valence-electron chi connectivity index (χ4n) is 3.50. The number of hydrogen-bond donors (Lipinski definition) is 0. The molecule has 5 heteroatoms. The largest absolute Gasteiger partial charge is 0.379 e. The second-order valence-corrected chi connectivity index (χ2v) is 7.12. The molecule has 0 aromatic rings. The summed E-state index contributed by atoms with van der Waals surface area (Å²) in [6.07, 6.45) is 6.86. The summed E-state index contributed by atoms with van der Waals surface area (Å²) < 4.78 is 5.72. The number of carbonyl (C=O) groups excluding carboxylic acids is 1. The van der Waals surface area contributed by atoms with Gasteiger partial charge in [0, 0.05) is 31.4 Å². The molecule has 0 aromatic heterocycles. The summed E-state index contributed by atoms with van der Waals surface area (Å²) in [7, 11) is 0. The van der Waals surface area contributed by atoms with Crippen LogP contribution in [0, 0.1) is 5.92 Å². The summed E-state index contributed by atoms with van der Waals surface area (Å²) in [4.78, 5) is 18.7. The van der Waals surface area contributed by atoms with E-state index in [4.69, 9.17) is 4.74 Å². The lowest BCUT2D eigenvalue weighted by Gasteiger charge is -2.39. The van der Waals surface area contributed by atoms with Crippen LogP contribution in [-0.4, -0.2) is 47.0 Å². The average Bonchev–Trinajstić information content (AvgIpc) is 2.48. The van der Waals surface area contributed by atoms with E-state index in [-0.39, 0.29) is 0 Å². The first kappa shape index (κ1) is 14.4. The normalized spacial score (nSPS) is 34.6. The van der Waals surface area contributed by atoms with Crippen molar-refractivity contribution in [2.45, 2.75) is 56.8 Å². The van der Waals surface area contributed by atoms with E-state index in [1.165, 1.54) is 12.8 Å². The highest BCUT2D eigenvalue weighted by molar-refractivity contribution is 8.14. The zero-order valence-electron chi connectivity index (χ0n) is 12.2. The molecule has 0 bridgehead atoms. The molecular weight excluding hydrogens is 272 g/mol. The molecule has 1 saturated carbocycles. The maximum Gasteiger partial charge on any atom is 0.229 e. The second kappa shape index (κ2) is 6.48. The molecule has 3 rings (SSSR count). The van der Waals surface area contributed by atoms with Crippen molar-refractivity contribution < 1.29 is 9.53 Å². The number of rotatable bonds is 3. The maximum absolute atomic E-state index is 12.3. The van der Waals surface area contributed by atoms with Crippen LogP contribution in [0.5, 0.6) is 0 Å². The Kier molecular flexibility index (Phi) is 4.66. The summed E-state index contributed by atoms with van der Waals surface area (Å²) in [6.45, 7) is 4.64. The van der Waals surface area contributed by atoms with Gasteiger partial charge in [-0.25, -0.2) is 0 Å². The first-order chi connectivity index (χ1) is 9.78. The first-order valence-electron chi connectivity index (χ1n) is 7.91. The van der Waals surface area contributed by atoms with Crippen molar-refractivity contribution in [3.8, 4) is 0 Å². The van der Waals surface area contributed by atoms with Crippen LogP contribution in [0.2, 0.25) is 0 Å². The van der Waals surface area contributed by atoms with Crippen LogP contribution in [-0.2, 0) is 9.53 Å². The Bertz CT molecular complexity index is 391. The van der Waals surface area contributed by atoms with Gasteiger partial charge >= 0.3 is 0 Å². The molecule has 2 heterocycles. The third-order valence-corrected chi connectivity index (χ3v) is 6.01. The lowest BCUT2D eigenvalue weighted by atomic mass is 9.84. The fraction of sp³-hybridized carbons (Fsp3) is 0.867. The summed E-state index contributed by atoms with van der Waals surface area (Å²) in [6, 6.07) is 0. The number of thioether (sulfide) groups is 1. The number of hydrogen-bond acceptors (Lipinski definition) is 4. The van der Waals surface area contributed by atoms with E-state index >= 15 is 0 Å². The first-order valence-corrected chi connectivity index (χ1v) is 8.79. The van der Waals surface area contributed by atoms with Gasteiger partial charge in [-0.3, -0.25) is 14.7 Å². The van der Waals surface area contributed by atoms with Crippen molar-refractivity contribution in [3.63, 3.8) is 0 Å². The monoisotopic (exact) mass is 296 g/mol. The Morgan fingerprint density at radius 2 is 2.15 bits per heavy atom. The zero-order chi connectivity index (χ0) is 13.9. The third kappa shape index (κ3) is 3.03. The molecule has 0 radical (unpaired) electrons. The molecule has 1 saturated heterocycles. The van der Waals surface area contributed by atoms with E-state index in [9.17, 15) is 4.79 Å². The molecule has 1 amide bonds. The second-order valence-electron chi connectivity index (χ2n) is 5.92. The van der Waals surface area contributed by atoms with Crippen molar-refractivity contribution in [1.82, 2.24) is 4.90 Å². The SMILES string of the molecule is CCOC1CCC([C@@H]2CC(=O)N3CCCN=C3S2)CC1. The lowest BCUT2D eigenvalue weighted by molar-refractivity contribution is -0.127. The van der Waals surface area contributed by atoms with E-state index in [0.717, 1.165) is 44.1 Å². The summed E-state index contributed by atoms with van der Waals surface area (Å²) >= 11 is 1.85. The number of aliphatic imine (C=N–C) groups is 1. The van der Waals surface area contributed by atoms with Crippen molar-refractivity contribution in [3.05, 3.63) is 0 Å². The number of carbonyl (C=O) groups is 1. The molecule has 0 spiro atoms.